The first-order chi connectivity index (χ1) is 9.99. The third kappa shape index (κ3) is 3.75. The summed E-state index contributed by atoms with van der Waals surface area (Å²) in [5, 5.41) is 10.9. The number of nitrogens with zero attached hydrogens (tertiary/aromatic N) is 3. The molecule has 0 saturated carbocycles. The van der Waals surface area contributed by atoms with Gasteiger partial charge in [-0.25, -0.2) is 4.39 Å². The van der Waals surface area contributed by atoms with E-state index in [-0.39, 0.29) is 11.3 Å². The Morgan fingerprint density at radius 2 is 2.10 bits per heavy atom. The summed E-state index contributed by atoms with van der Waals surface area (Å²) in [6, 6.07) is 2.93. The Kier molecular flexibility index (Phi) is 4.85. The van der Waals surface area contributed by atoms with E-state index in [1.807, 2.05) is 0 Å². The molecule has 114 valence electrons. The summed E-state index contributed by atoms with van der Waals surface area (Å²) in [6.45, 7) is 3.22. The van der Waals surface area contributed by atoms with E-state index in [2.05, 4.69) is 4.90 Å². The Morgan fingerprint density at radius 3 is 2.71 bits per heavy atom. The van der Waals surface area contributed by atoms with E-state index in [9.17, 15) is 19.3 Å². The molecule has 0 aliphatic carbocycles. The van der Waals surface area contributed by atoms with Crippen molar-refractivity contribution in [1.29, 1.82) is 0 Å². The van der Waals surface area contributed by atoms with Crippen LogP contribution in [-0.4, -0.2) is 53.9 Å². The number of likely N-dealkylation sites (N-methyl/N-ethyl adjacent to an activating group) is 1. The molecule has 6 nitrogen and oxygen atoms in total. The summed E-state index contributed by atoms with van der Waals surface area (Å²) in [5.74, 6) is -1.18. The standard InChI is InChI=1S/C14H18FN3O3/c1-16(8-9-17-6-2-3-7-17)14(19)12-10-11(15)4-5-13(12)18(20)21/h4-5,10H,2-3,6-9H2,1H3. The highest BCUT2D eigenvalue weighted by Gasteiger charge is 2.24. The maximum Gasteiger partial charge on any atom is 0.282 e. The number of amides is 1. The van der Waals surface area contributed by atoms with Crippen LogP contribution in [0.3, 0.4) is 0 Å². The lowest BCUT2D eigenvalue weighted by molar-refractivity contribution is -0.385. The molecule has 1 aromatic carbocycles. The van der Waals surface area contributed by atoms with Gasteiger partial charge in [-0.05, 0) is 38.1 Å². The van der Waals surface area contributed by atoms with Gasteiger partial charge in [-0.15, -0.1) is 0 Å². The summed E-state index contributed by atoms with van der Waals surface area (Å²) in [5.41, 5.74) is -0.571. The molecule has 0 N–H and O–H groups in total. The largest absolute Gasteiger partial charge is 0.340 e. The van der Waals surface area contributed by atoms with Crippen molar-refractivity contribution in [2.45, 2.75) is 12.8 Å². The lowest BCUT2D eigenvalue weighted by Crippen LogP contribution is -2.35. The van der Waals surface area contributed by atoms with Gasteiger partial charge in [0.15, 0.2) is 0 Å². The van der Waals surface area contributed by atoms with E-state index in [4.69, 9.17) is 0 Å². The van der Waals surface area contributed by atoms with Crippen LogP contribution in [-0.2, 0) is 0 Å². The molecular formula is C14H18FN3O3. The Bertz CT molecular complexity index is 544. The van der Waals surface area contributed by atoms with E-state index >= 15 is 0 Å². The first kappa shape index (κ1) is 15.4. The normalized spacial score (nSPS) is 15.1. The average Bonchev–Trinajstić information content (AvgIpc) is 2.96. The minimum atomic E-state index is -0.666. The molecule has 21 heavy (non-hydrogen) atoms. The van der Waals surface area contributed by atoms with Crippen molar-refractivity contribution in [2.75, 3.05) is 33.2 Å². The van der Waals surface area contributed by atoms with Gasteiger partial charge in [-0.3, -0.25) is 14.9 Å². The summed E-state index contributed by atoms with van der Waals surface area (Å²) in [6.07, 6.45) is 2.32. The molecule has 7 heteroatoms. The van der Waals surface area contributed by atoms with Gasteiger partial charge >= 0.3 is 0 Å². The van der Waals surface area contributed by atoms with Crippen LogP contribution in [0.15, 0.2) is 18.2 Å². The average molecular weight is 295 g/mol. The van der Waals surface area contributed by atoms with Crippen LogP contribution < -0.4 is 0 Å². The first-order valence-corrected chi connectivity index (χ1v) is 6.91. The van der Waals surface area contributed by atoms with Crippen molar-refractivity contribution in [2.24, 2.45) is 0 Å². The van der Waals surface area contributed by atoms with Crippen LogP contribution in [0.2, 0.25) is 0 Å². The molecule has 0 atom stereocenters. The maximum absolute atomic E-state index is 13.3. The predicted octanol–water partition coefficient (Wildman–Crippen LogP) is 1.90. The van der Waals surface area contributed by atoms with Crippen LogP contribution in [0.25, 0.3) is 0 Å². The SMILES string of the molecule is CN(CCN1CCCC1)C(=O)c1cc(F)ccc1[N+](=O)[O-]. The van der Waals surface area contributed by atoms with Gasteiger partial charge in [0.2, 0.25) is 0 Å². The van der Waals surface area contributed by atoms with Gasteiger partial charge in [-0.1, -0.05) is 0 Å². The van der Waals surface area contributed by atoms with Crippen molar-refractivity contribution in [1.82, 2.24) is 9.80 Å². The van der Waals surface area contributed by atoms with Crippen molar-refractivity contribution < 1.29 is 14.1 Å². The Hall–Kier alpha value is -2.02. The number of carbonyl (C=O) groups is 1. The molecule has 1 aliphatic rings. The van der Waals surface area contributed by atoms with Crippen LogP contribution in [0, 0.1) is 15.9 Å². The zero-order valence-electron chi connectivity index (χ0n) is 11.9. The summed E-state index contributed by atoms with van der Waals surface area (Å²) >= 11 is 0. The van der Waals surface area contributed by atoms with Gasteiger partial charge in [-0.2, -0.15) is 0 Å². The monoisotopic (exact) mass is 295 g/mol. The fourth-order valence-electron chi connectivity index (χ4n) is 2.44. The molecule has 2 rings (SSSR count). The molecule has 0 unspecified atom stereocenters. The molecule has 1 amide bonds. The lowest BCUT2D eigenvalue weighted by Gasteiger charge is -2.21. The van der Waals surface area contributed by atoms with Crippen LogP contribution in [0.4, 0.5) is 10.1 Å². The third-order valence-electron chi connectivity index (χ3n) is 3.68. The zero-order chi connectivity index (χ0) is 15.4. The van der Waals surface area contributed by atoms with Crippen molar-refractivity contribution in [3.8, 4) is 0 Å². The number of carbonyl (C=O) groups excluding carboxylic acids is 1. The fraction of sp³-hybridized carbons (Fsp3) is 0.500. The number of nitro benzene ring substituents is 1. The fourth-order valence-corrected chi connectivity index (χ4v) is 2.44. The highest BCUT2D eigenvalue weighted by molar-refractivity contribution is 5.98. The third-order valence-corrected chi connectivity index (χ3v) is 3.68. The molecule has 1 fully saturated rings. The van der Waals surface area contributed by atoms with E-state index < -0.39 is 16.6 Å². The molecular weight excluding hydrogens is 277 g/mol. The first-order valence-electron chi connectivity index (χ1n) is 6.91. The number of rotatable bonds is 5. The van der Waals surface area contributed by atoms with Crippen molar-refractivity contribution >= 4 is 11.6 Å². The smallest absolute Gasteiger partial charge is 0.282 e. The maximum atomic E-state index is 13.3. The zero-order valence-corrected chi connectivity index (χ0v) is 11.9. The second-order valence-electron chi connectivity index (χ2n) is 5.19. The predicted molar refractivity (Wildman–Crippen MR) is 75.7 cm³/mol. The minimum absolute atomic E-state index is 0.205. The molecule has 1 aliphatic heterocycles. The van der Waals surface area contributed by atoms with Crippen molar-refractivity contribution in [3.05, 3.63) is 39.7 Å². The van der Waals surface area contributed by atoms with Gasteiger partial charge in [0.05, 0.1) is 4.92 Å². The van der Waals surface area contributed by atoms with E-state index in [1.54, 1.807) is 7.05 Å². The summed E-state index contributed by atoms with van der Waals surface area (Å²) in [4.78, 5) is 26.2. The molecule has 1 heterocycles. The number of nitro groups is 1. The quantitative estimate of drug-likeness (QED) is 0.614. The highest BCUT2D eigenvalue weighted by Crippen LogP contribution is 2.21. The van der Waals surface area contributed by atoms with E-state index in [0.29, 0.717) is 6.54 Å². The topological polar surface area (TPSA) is 66.7 Å². The summed E-state index contributed by atoms with van der Waals surface area (Å²) < 4.78 is 13.3. The van der Waals surface area contributed by atoms with E-state index in [0.717, 1.165) is 50.7 Å². The molecule has 0 aromatic heterocycles. The van der Waals surface area contributed by atoms with Gasteiger partial charge in [0.1, 0.15) is 11.4 Å². The second-order valence-corrected chi connectivity index (χ2v) is 5.19. The number of halogens is 1. The lowest BCUT2D eigenvalue weighted by atomic mass is 10.1. The number of likely N-dealkylation sites (tertiary alicyclic amines) is 1. The molecule has 0 spiro atoms. The Balaban J connectivity index is 2.07. The molecule has 1 saturated heterocycles. The van der Waals surface area contributed by atoms with E-state index in [1.165, 1.54) is 4.90 Å². The van der Waals surface area contributed by atoms with Crippen molar-refractivity contribution in [3.63, 3.8) is 0 Å². The minimum Gasteiger partial charge on any atom is -0.340 e. The molecule has 0 radical (unpaired) electrons. The second kappa shape index (κ2) is 6.62. The van der Waals surface area contributed by atoms with Crippen LogP contribution in [0.5, 0.6) is 0 Å². The summed E-state index contributed by atoms with van der Waals surface area (Å²) in [7, 11) is 1.58. The Morgan fingerprint density at radius 1 is 1.43 bits per heavy atom. The number of hydrogen-bond donors (Lipinski definition) is 0. The van der Waals surface area contributed by atoms with Gasteiger partial charge in [0, 0.05) is 26.2 Å². The number of hydrogen-bond acceptors (Lipinski definition) is 4. The van der Waals surface area contributed by atoms with Gasteiger partial charge in [0.25, 0.3) is 11.6 Å². The Labute approximate surface area is 122 Å². The number of benzene rings is 1. The van der Waals surface area contributed by atoms with Crippen LogP contribution >= 0.6 is 0 Å². The molecule has 0 bridgehead atoms. The van der Waals surface area contributed by atoms with Crippen LogP contribution in [0.1, 0.15) is 23.2 Å². The molecule has 1 aromatic rings. The highest BCUT2D eigenvalue weighted by atomic mass is 19.1. The van der Waals surface area contributed by atoms with Gasteiger partial charge < -0.3 is 9.80 Å².